The van der Waals surface area contributed by atoms with E-state index >= 15 is 0 Å². The summed E-state index contributed by atoms with van der Waals surface area (Å²) in [6.07, 6.45) is 6.77. The zero-order valence-electron chi connectivity index (χ0n) is 11.7. The van der Waals surface area contributed by atoms with Crippen molar-refractivity contribution in [1.29, 1.82) is 0 Å². The van der Waals surface area contributed by atoms with E-state index in [1.54, 1.807) is 6.33 Å². The largest absolute Gasteiger partial charge is 0.370 e. The highest BCUT2D eigenvalue weighted by Gasteiger charge is 2.21. The number of aromatic nitrogens is 2. The topological polar surface area (TPSA) is 41.1 Å². The van der Waals surface area contributed by atoms with Gasteiger partial charge in [0.2, 0.25) is 0 Å². The summed E-state index contributed by atoms with van der Waals surface area (Å²) in [7, 11) is 2.15. The van der Waals surface area contributed by atoms with Crippen molar-refractivity contribution in [3.63, 3.8) is 0 Å². The summed E-state index contributed by atoms with van der Waals surface area (Å²) in [5, 5.41) is 3.33. The molecule has 1 fully saturated rings. The summed E-state index contributed by atoms with van der Waals surface area (Å²) in [5.41, 5.74) is 1.24. The van der Waals surface area contributed by atoms with Crippen LogP contribution in [0.2, 0.25) is 0 Å². The van der Waals surface area contributed by atoms with E-state index in [9.17, 15) is 0 Å². The zero-order valence-corrected chi connectivity index (χ0v) is 11.7. The first-order valence-corrected chi connectivity index (χ1v) is 7.05. The standard InChI is InChI=1S/C14H24N4/c1-4-12-13(15-5-2)16-10-17-14(12)18(3)9-11-7-6-8-11/h10-11H,4-9H2,1-3H3,(H,15,16,17). The van der Waals surface area contributed by atoms with Gasteiger partial charge in [0.05, 0.1) is 0 Å². The van der Waals surface area contributed by atoms with Crippen LogP contribution in [0.1, 0.15) is 38.7 Å². The van der Waals surface area contributed by atoms with Crippen molar-refractivity contribution in [3.8, 4) is 0 Å². The van der Waals surface area contributed by atoms with Crippen molar-refractivity contribution < 1.29 is 0 Å². The Kier molecular flexibility index (Phi) is 4.39. The number of hydrogen-bond donors (Lipinski definition) is 1. The van der Waals surface area contributed by atoms with Crippen molar-refractivity contribution in [2.75, 3.05) is 30.4 Å². The lowest BCUT2D eigenvalue weighted by molar-refractivity contribution is 0.321. The molecule has 4 nitrogen and oxygen atoms in total. The number of nitrogens with one attached hydrogen (secondary N) is 1. The molecule has 100 valence electrons. The minimum atomic E-state index is 0.859. The predicted molar refractivity (Wildman–Crippen MR) is 76.2 cm³/mol. The Morgan fingerprint density at radius 3 is 2.67 bits per heavy atom. The Morgan fingerprint density at radius 1 is 1.33 bits per heavy atom. The van der Waals surface area contributed by atoms with Crippen LogP contribution >= 0.6 is 0 Å². The Hall–Kier alpha value is -1.32. The molecular formula is C14H24N4. The molecule has 0 amide bonds. The van der Waals surface area contributed by atoms with Gasteiger partial charge in [0.25, 0.3) is 0 Å². The molecule has 1 N–H and O–H groups in total. The molecule has 0 bridgehead atoms. The molecule has 0 atom stereocenters. The first-order valence-electron chi connectivity index (χ1n) is 7.05. The van der Waals surface area contributed by atoms with Crippen LogP contribution in [-0.2, 0) is 6.42 Å². The normalized spacial score (nSPS) is 15.3. The van der Waals surface area contributed by atoms with Crippen LogP contribution in [-0.4, -0.2) is 30.1 Å². The van der Waals surface area contributed by atoms with Crippen LogP contribution in [0, 0.1) is 5.92 Å². The molecule has 0 saturated heterocycles. The van der Waals surface area contributed by atoms with Gasteiger partial charge in [-0.25, -0.2) is 9.97 Å². The summed E-state index contributed by atoms with van der Waals surface area (Å²) >= 11 is 0. The summed E-state index contributed by atoms with van der Waals surface area (Å²) in [6.45, 7) is 6.28. The molecule has 2 rings (SSSR count). The van der Waals surface area contributed by atoms with E-state index in [1.807, 2.05) is 0 Å². The fraction of sp³-hybridized carbons (Fsp3) is 0.714. The average Bonchev–Trinajstić information content (AvgIpc) is 2.33. The predicted octanol–water partition coefficient (Wildman–Crippen LogP) is 2.71. The van der Waals surface area contributed by atoms with Crippen LogP contribution in [0.15, 0.2) is 6.33 Å². The Balaban J connectivity index is 2.16. The summed E-state index contributed by atoms with van der Waals surface area (Å²) in [4.78, 5) is 11.1. The minimum Gasteiger partial charge on any atom is -0.370 e. The third kappa shape index (κ3) is 2.74. The number of anilines is 2. The van der Waals surface area contributed by atoms with Crippen molar-refractivity contribution in [3.05, 3.63) is 11.9 Å². The van der Waals surface area contributed by atoms with Gasteiger partial charge in [-0.3, -0.25) is 0 Å². The van der Waals surface area contributed by atoms with Crippen molar-refractivity contribution >= 4 is 11.6 Å². The number of hydrogen-bond acceptors (Lipinski definition) is 4. The van der Waals surface area contributed by atoms with Crippen molar-refractivity contribution in [1.82, 2.24) is 9.97 Å². The monoisotopic (exact) mass is 248 g/mol. The van der Waals surface area contributed by atoms with Gasteiger partial charge in [-0.1, -0.05) is 13.3 Å². The fourth-order valence-electron chi connectivity index (χ4n) is 2.53. The van der Waals surface area contributed by atoms with E-state index in [2.05, 4.69) is 41.1 Å². The average molecular weight is 248 g/mol. The Bertz CT molecular complexity index is 387. The molecule has 1 aliphatic carbocycles. The second kappa shape index (κ2) is 6.03. The third-order valence-corrected chi connectivity index (χ3v) is 3.74. The van der Waals surface area contributed by atoms with Gasteiger partial charge >= 0.3 is 0 Å². The van der Waals surface area contributed by atoms with Gasteiger partial charge in [0, 0.05) is 25.7 Å². The molecular weight excluding hydrogens is 224 g/mol. The molecule has 0 aliphatic heterocycles. The molecule has 0 radical (unpaired) electrons. The molecule has 4 heteroatoms. The molecule has 1 aromatic rings. The summed E-state index contributed by atoms with van der Waals surface area (Å²) in [6, 6.07) is 0. The first-order chi connectivity index (χ1) is 8.76. The maximum Gasteiger partial charge on any atom is 0.137 e. The first kappa shape index (κ1) is 13.1. The summed E-state index contributed by atoms with van der Waals surface area (Å²) < 4.78 is 0. The molecule has 1 aromatic heterocycles. The molecule has 0 unspecified atom stereocenters. The molecule has 1 heterocycles. The van der Waals surface area contributed by atoms with E-state index < -0.39 is 0 Å². The fourth-order valence-corrected chi connectivity index (χ4v) is 2.53. The number of nitrogens with zero attached hydrogens (tertiary/aromatic N) is 3. The smallest absolute Gasteiger partial charge is 0.137 e. The molecule has 1 saturated carbocycles. The van der Waals surface area contributed by atoms with Gasteiger partial charge in [-0.15, -0.1) is 0 Å². The highest BCUT2D eigenvalue weighted by atomic mass is 15.2. The second-order valence-electron chi connectivity index (χ2n) is 5.09. The SMILES string of the molecule is CCNc1ncnc(N(C)CC2CCC2)c1CC. The third-order valence-electron chi connectivity index (χ3n) is 3.74. The summed E-state index contributed by atoms with van der Waals surface area (Å²) in [5.74, 6) is 2.94. The van der Waals surface area contributed by atoms with Gasteiger partial charge in [-0.05, 0) is 32.1 Å². The van der Waals surface area contributed by atoms with Crippen molar-refractivity contribution in [2.45, 2.75) is 39.5 Å². The van der Waals surface area contributed by atoms with Gasteiger partial charge in [0.1, 0.15) is 18.0 Å². The molecule has 0 aromatic carbocycles. The van der Waals surface area contributed by atoms with Crippen LogP contribution in [0.5, 0.6) is 0 Å². The Morgan fingerprint density at radius 2 is 2.11 bits per heavy atom. The quantitative estimate of drug-likeness (QED) is 0.840. The molecule has 1 aliphatic rings. The van der Waals surface area contributed by atoms with Crippen LogP contribution in [0.3, 0.4) is 0 Å². The van der Waals surface area contributed by atoms with Gasteiger partial charge in [-0.2, -0.15) is 0 Å². The highest BCUT2D eigenvalue weighted by Crippen LogP contribution is 2.30. The Labute approximate surface area is 110 Å². The van der Waals surface area contributed by atoms with Crippen LogP contribution < -0.4 is 10.2 Å². The lowest BCUT2D eigenvalue weighted by Gasteiger charge is -2.31. The van der Waals surface area contributed by atoms with Crippen LogP contribution in [0.25, 0.3) is 0 Å². The molecule has 18 heavy (non-hydrogen) atoms. The number of rotatable bonds is 6. The van der Waals surface area contributed by atoms with E-state index in [0.29, 0.717) is 0 Å². The lowest BCUT2D eigenvalue weighted by Crippen LogP contribution is -2.30. The van der Waals surface area contributed by atoms with Gasteiger partial charge in [0.15, 0.2) is 0 Å². The van der Waals surface area contributed by atoms with E-state index in [0.717, 1.165) is 37.1 Å². The highest BCUT2D eigenvalue weighted by molar-refractivity contribution is 5.58. The van der Waals surface area contributed by atoms with Gasteiger partial charge < -0.3 is 10.2 Å². The lowest BCUT2D eigenvalue weighted by atomic mass is 9.85. The zero-order chi connectivity index (χ0) is 13.0. The van der Waals surface area contributed by atoms with E-state index in [-0.39, 0.29) is 0 Å². The van der Waals surface area contributed by atoms with E-state index in [1.165, 1.54) is 24.8 Å². The maximum atomic E-state index is 4.48. The van der Waals surface area contributed by atoms with E-state index in [4.69, 9.17) is 0 Å². The van der Waals surface area contributed by atoms with Crippen molar-refractivity contribution in [2.24, 2.45) is 5.92 Å². The second-order valence-corrected chi connectivity index (χ2v) is 5.09. The molecule has 0 spiro atoms. The maximum absolute atomic E-state index is 4.48. The van der Waals surface area contributed by atoms with Crippen LogP contribution in [0.4, 0.5) is 11.6 Å². The minimum absolute atomic E-state index is 0.859.